The molecule has 0 radical (unpaired) electrons. The highest BCUT2D eigenvalue weighted by atomic mass is 16.5. The van der Waals surface area contributed by atoms with Crippen LogP contribution < -0.4 is 19.6 Å². The smallest absolute Gasteiger partial charge is 0.235 e. The number of hydrogen-bond acceptors (Lipinski definition) is 6. The second kappa shape index (κ2) is 6.63. The summed E-state index contributed by atoms with van der Waals surface area (Å²) in [5.74, 6) is 1.20. The van der Waals surface area contributed by atoms with Gasteiger partial charge in [0.25, 0.3) is 0 Å². The van der Waals surface area contributed by atoms with Gasteiger partial charge in [-0.3, -0.25) is 4.79 Å². The van der Waals surface area contributed by atoms with Gasteiger partial charge in [0.05, 0.1) is 26.7 Å². The maximum Gasteiger partial charge on any atom is 0.235 e. The molecule has 0 aliphatic heterocycles. The van der Waals surface area contributed by atoms with Gasteiger partial charge < -0.3 is 23.7 Å². The van der Waals surface area contributed by atoms with Gasteiger partial charge in [0.2, 0.25) is 11.2 Å². The van der Waals surface area contributed by atoms with Gasteiger partial charge in [0.1, 0.15) is 11.3 Å². The molecule has 0 spiro atoms. The minimum atomic E-state index is -0.276. The molecule has 0 unspecified atom stereocenters. The van der Waals surface area contributed by atoms with Crippen LogP contribution in [0, 0.1) is 13.8 Å². The fourth-order valence-corrected chi connectivity index (χ4v) is 3.01. The van der Waals surface area contributed by atoms with E-state index in [4.69, 9.17) is 18.6 Å². The van der Waals surface area contributed by atoms with E-state index in [1.54, 1.807) is 25.3 Å². The van der Waals surface area contributed by atoms with Crippen LogP contribution in [0.15, 0.2) is 33.5 Å². The number of aromatic hydroxyl groups is 1. The Labute approximate surface area is 150 Å². The number of methoxy groups -OCH3 is 3. The number of aryl methyl sites for hydroxylation is 1. The van der Waals surface area contributed by atoms with Crippen LogP contribution in [-0.2, 0) is 0 Å². The van der Waals surface area contributed by atoms with Crippen molar-refractivity contribution in [1.29, 1.82) is 0 Å². The molecule has 2 aromatic carbocycles. The van der Waals surface area contributed by atoms with Gasteiger partial charge in [-0.1, -0.05) is 0 Å². The summed E-state index contributed by atoms with van der Waals surface area (Å²) < 4.78 is 21.8. The Morgan fingerprint density at radius 3 is 2.19 bits per heavy atom. The lowest BCUT2D eigenvalue weighted by molar-refractivity contribution is 0.373. The van der Waals surface area contributed by atoms with Crippen molar-refractivity contribution < 1.29 is 23.7 Å². The highest BCUT2D eigenvalue weighted by Gasteiger charge is 2.21. The number of rotatable bonds is 4. The first kappa shape index (κ1) is 17.7. The predicted molar refractivity (Wildman–Crippen MR) is 98.7 cm³/mol. The fraction of sp³-hybridized carbons (Fsp3) is 0.250. The van der Waals surface area contributed by atoms with Gasteiger partial charge in [0, 0.05) is 11.6 Å². The number of fused-ring (bicyclic) bond motifs is 1. The third-order valence-corrected chi connectivity index (χ3v) is 4.53. The molecule has 1 N–H and O–H groups in total. The van der Waals surface area contributed by atoms with Gasteiger partial charge >= 0.3 is 0 Å². The monoisotopic (exact) mass is 356 g/mol. The SMILES string of the molecule is COc1ccc(-c2oc3cc(OC)c(C)c(C)c3c(=O)c2OC)cc1O. The van der Waals surface area contributed by atoms with E-state index < -0.39 is 0 Å². The summed E-state index contributed by atoms with van der Waals surface area (Å²) in [5.41, 5.74) is 2.25. The molecule has 3 rings (SSSR count). The lowest BCUT2D eigenvalue weighted by atomic mass is 10.0. The summed E-state index contributed by atoms with van der Waals surface area (Å²) in [6.45, 7) is 3.73. The molecule has 136 valence electrons. The molecule has 6 heteroatoms. The number of phenols is 1. The van der Waals surface area contributed by atoms with Crippen LogP contribution in [0.5, 0.6) is 23.0 Å². The van der Waals surface area contributed by atoms with Crippen LogP contribution in [0.4, 0.5) is 0 Å². The zero-order valence-corrected chi connectivity index (χ0v) is 15.3. The van der Waals surface area contributed by atoms with Crippen molar-refractivity contribution in [2.45, 2.75) is 13.8 Å². The quantitative estimate of drug-likeness (QED) is 0.766. The summed E-state index contributed by atoms with van der Waals surface area (Å²) in [7, 11) is 4.44. The van der Waals surface area contributed by atoms with E-state index in [1.807, 2.05) is 13.8 Å². The summed E-state index contributed by atoms with van der Waals surface area (Å²) in [5, 5.41) is 10.5. The second-order valence-electron chi connectivity index (χ2n) is 5.88. The molecule has 0 atom stereocenters. The van der Waals surface area contributed by atoms with Crippen molar-refractivity contribution in [1.82, 2.24) is 0 Å². The third kappa shape index (κ3) is 2.63. The first-order valence-corrected chi connectivity index (χ1v) is 7.99. The highest BCUT2D eigenvalue weighted by molar-refractivity contribution is 5.87. The zero-order chi connectivity index (χ0) is 19.0. The molecule has 0 aliphatic carbocycles. The lowest BCUT2D eigenvalue weighted by Crippen LogP contribution is -2.10. The molecule has 1 heterocycles. The maximum atomic E-state index is 13.0. The van der Waals surface area contributed by atoms with E-state index in [0.717, 1.165) is 11.1 Å². The summed E-state index contributed by atoms with van der Waals surface area (Å²) >= 11 is 0. The number of hydrogen-bond donors (Lipinski definition) is 1. The van der Waals surface area contributed by atoms with Crippen LogP contribution in [0.25, 0.3) is 22.3 Å². The van der Waals surface area contributed by atoms with Crippen LogP contribution in [0.1, 0.15) is 11.1 Å². The van der Waals surface area contributed by atoms with E-state index >= 15 is 0 Å². The van der Waals surface area contributed by atoms with Crippen LogP contribution in [0.3, 0.4) is 0 Å². The molecule has 3 aromatic rings. The topological polar surface area (TPSA) is 78.1 Å². The largest absolute Gasteiger partial charge is 0.504 e. The normalized spacial score (nSPS) is 10.8. The summed E-state index contributed by atoms with van der Waals surface area (Å²) in [6.07, 6.45) is 0. The standard InChI is InChI=1S/C20H20O6/c1-10-11(2)17-16(9-15(10)24-4)26-19(20(25-5)18(17)22)12-6-7-14(23-3)13(21)8-12/h6-9,21H,1-5H3. The van der Waals surface area contributed by atoms with Crippen molar-refractivity contribution in [3.63, 3.8) is 0 Å². The Bertz CT molecular complexity index is 1050. The summed E-state index contributed by atoms with van der Waals surface area (Å²) in [4.78, 5) is 13.0. The Hall–Kier alpha value is -3.15. The first-order chi connectivity index (χ1) is 12.4. The van der Waals surface area contributed by atoms with Gasteiger partial charge in [0.15, 0.2) is 17.3 Å². The summed E-state index contributed by atoms with van der Waals surface area (Å²) in [6, 6.07) is 6.42. The van der Waals surface area contributed by atoms with E-state index in [9.17, 15) is 9.90 Å². The molecule has 0 bridgehead atoms. The first-order valence-electron chi connectivity index (χ1n) is 7.99. The van der Waals surface area contributed by atoms with Gasteiger partial charge in [-0.05, 0) is 43.2 Å². The molecule has 0 saturated carbocycles. The van der Waals surface area contributed by atoms with Crippen molar-refractivity contribution in [3.05, 3.63) is 45.6 Å². The maximum absolute atomic E-state index is 13.0. The average Bonchev–Trinajstić information content (AvgIpc) is 2.64. The number of ether oxygens (including phenoxy) is 3. The highest BCUT2D eigenvalue weighted by Crippen LogP contribution is 2.38. The molecule has 0 aliphatic rings. The van der Waals surface area contributed by atoms with Crippen LogP contribution in [-0.4, -0.2) is 26.4 Å². The van der Waals surface area contributed by atoms with E-state index in [1.165, 1.54) is 20.3 Å². The number of phenolic OH excluding ortho intramolecular Hbond substituents is 1. The lowest BCUT2D eigenvalue weighted by Gasteiger charge is -2.14. The molecule has 0 fully saturated rings. The molecule has 0 saturated heterocycles. The molecule has 26 heavy (non-hydrogen) atoms. The Kier molecular flexibility index (Phi) is 4.50. The molecular weight excluding hydrogens is 336 g/mol. The Morgan fingerprint density at radius 2 is 1.62 bits per heavy atom. The Morgan fingerprint density at radius 1 is 0.923 bits per heavy atom. The average molecular weight is 356 g/mol. The van der Waals surface area contributed by atoms with E-state index in [0.29, 0.717) is 28.0 Å². The molecule has 6 nitrogen and oxygen atoms in total. The Balaban J connectivity index is 2.38. The van der Waals surface area contributed by atoms with E-state index in [2.05, 4.69) is 0 Å². The number of benzene rings is 2. The molecular formula is C20H20O6. The second-order valence-corrected chi connectivity index (χ2v) is 5.88. The molecule has 0 amide bonds. The minimum Gasteiger partial charge on any atom is -0.504 e. The molecule has 1 aromatic heterocycles. The van der Waals surface area contributed by atoms with E-state index in [-0.39, 0.29) is 22.7 Å². The van der Waals surface area contributed by atoms with Gasteiger partial charge in [-0.2, -0.15) is 0 Å². The fourth-order valence-electron chi connectivity index (χ4n) is 3.01. The zero-order valence-electron chi connectivity index (χ0n) is 15.3. The van der Waals surface area contributed by atoms with Crippen molar-refractivity contribution in [2.75, 3.05) is 21.3 Å². The van der Waals surface area contributed by atoms with Crippen molar-refractivity contribution >= 4 is 11.0 Å². The van der Waals surface area contributed by atoms with Crippen LogP contribution >= 0.6 is 0 Å². The minimum absolute atomic E-state index is 0.0625. The predicted octanol–water partition coefficient (Wildman–Crippen LogP) is 3.81. The van der Waals surface area contributed by atoms with Gasteiger partial charge in [-0.25, -0.2) is 0 Å². The van der Waals surface area contributed by atoms with Crippen LogP contribution in [0.2, 0.25) is 0 Å². The van der Waals surface area contributed by atoms with Crippen molar-refractivity contribution in [3.8, 4) is 34.3 Å². The third-order valence-electron chi connectivity index (χ3n) is 4.53. The van der Waals surface area contributed by atoms with Crippen molar-refractivity contribution in [2.24, 2.45) is 0 Å². The van der Waals surface area contributed by atoms with Gasteiger partial charge in [-0.15, -0.1) is 0 Å².